The number of hydrogen-bond donors (Lipinski definition) is 0. The predicted molar refractivity (Wildman–Crippen MR) is 178 cm³/mol. The molecule has 2 aromatic rings. The van der Waals surface area contributed by atoms with Crippen molar-refractivity contribution in [1.82, 2.24) is 0 Å². The van der Waals surface area contributed by atoms with Gasteiger partial charge in [-0.3, -0.25) is 0 Å². The molecular formula is C40H53F7O2. The first-order valence-electron chi connectivity index (χ1n) is 18.6. The molecule has 4 aliphatic rings. The van der Waals surface area contributed by atoms with E-state index in [0.29, 0.717) is 11.5 Å². The van der Waals surface area contributed by atoms with Crippen molar-refractivity contribution < 1.29 is 40.2 Å². The van der Waals surface area contributed by atoms with E-state index in [1.165, 1.54) is 76.3 Å². The van der Waals surface area contributed by atoms with Gasteiger partial charge in [-0.15, -0.1) is 0 Å². The predicted octanol–water partition coefficient (Wildman–Crippen LogP) is 13.2. The van der Waals surface area contributed by atoms with Crippen molar-refractivity contribution in [2.75, 3.05) is 0 Å². The molecular weight excluding hydrogens is 645 g/mol. The van der Waals surface area contributed by atoms with Crippen molar-refractivity contribution >= 4 is 0 Å². The Bertz CT molecular complexity index is 1280. The molecule has 2 aromatic carbocycles. The highest BCUT2D eigenvalue weighted by Gasteiger charge is 2.32. The van der Waals surface area contributed by atoms with Gasteiger partial charge in [0.1, 0.15) is 0 Å². The molecule has 0 atom stereocenters. The fourth-order valence-electron chi connectivity index (χ4n) is 9.34. The molecule has 0 aliphatic heterocycles. The number of rotatable bonds is 8. The number of ether oxygens (including phenoxy) is 2. The van der Waals surface area contributed by atoms with Crippen LogP contribution in [0.5, 0.6) is 11.5 Å². The van der Waals surface area contributed by atoms with Crippen molar-refractivity contribution in [1.29, 1.82) is 0 Å². The fraction of sp³-hybridized carbons (Fsp3) is 0.700. The SMILES string of the molecule is CC1CCC(C2CCC(c3cc(F)c(OC(F)F)c(F)c3)CC2)CC1.CC1CCC(C2CCC(c3ccc(OC(F)F)c(F)c3)CC2)CC1. The molecule has 6 rings (SSSR count). The van der Waals surface area contributed by atoms with Gasteiger partial charge in [0.05, 0.1) is 0 Å². The lowest BCUT2D eigenvalue weighted by atomic mass is 9.68. The van der Waals surface area contributed by atoms with Gasteiger partial charge in [-0.05, 0) is 160 Å². The van der Waals surface area contributed by atoms with Crippen molar-refractivity contribution in [3.63, 3.8) is 0 Å². The Labute approximate surface area is 287 Å². The molecule has 0 bridgehead atoms. The molecule has 4 aliphatic carbocycles. The number of benzene rings is 2. The zero-order chi connectivity index (χ0) is 35.1. The first-order chi connectivity index (χ1) is 23.5. The van der Waals surface area contributed by atoms with E-state index in [9.17, 15) is 30.7 Å². The molecule has 0 saturated heterocycles. The highest BCUT2D eigenvalue weighted by molar-refractivity contribution is 5.34. The Hall–Kier alpha value is -2.45. The van der Waals surface area contributed by atoms with Crippen LogP contribution in [-0.2, 0) is 0 Å². The van der Waals surface area contributed by atoms with Crippen molar-refractivity contribution in [2.24, 2.45) is 35.5 Å². The number of hydrogen-bond acceptors (Lipinski definition) is 2. The number of alkyl halides is 4. The second kappa shape index (κ2) is 17.7. The minimum atomic E-state index is -3.23. The third kappa shape index (κ3) is 10.5. The van der Waals surface area contributed by atoms with Gasteiger partial charge in [-0.25, -0.2) is 13.2 Å². The molecule has 2 nitrogen and oxygen atoms in total. The first-order valence-corrected chi connectivity index (χ1v) is 18.6. The van der Waals surface area contributed by atoms with Crippen LogP contribution >= 0.6 is 0 Å². The van der Waals surface area contributed by atoms with Gasteiger partial charge in [0.2, 0.25) is 0 Å². The lowest BCUT2D eigenvalue weighted by Gasteiger charge is -2.37. The molecule has 9 heteroatoms. The maximum absolute atomic E-state index is 13.9. The summed E-state index contributed by atoms with van der Waals surface area (Å²) in [7, 11) is 0. The molecule has 0 spiro atoms. The number of halogens is 7. The average Bonchev–Trinajstić information content (AvgIpc) is 3.08. The van der Waals surface area contributed by atoms with E-state index in [4.69, 9.17) is 0 Å². The second-order valence-electron chi connectivity index (χ2n) is 15.5. The minimum absolute atomic E-state index is 0.100. The summed E-state index contributed by atoms with van der Waals surface area (Å²) < 4.78 is 98.8. The second-order valence-corrected chi connectivity index (χ2v) is 15.5. The summed E-state index contributed by atoms with van der Waals surface area (Å²) in [5, 5.41) is 0. The van der Waals surface area contributed by atoms with E-state index in [1.54, 1.807) is 6.07 Å². The van der Waals surface area contributed by atoms with E-state index in [0.717, 1.165) is 91.7 Å². The van der Waals surface area contributed by atoms with Crippen molar-refractivity contribution in [3.05, 3.63) is 58.9 Å². The smallest absolute Gasteiger partial charge is 0.387 e. The average molecular weight is 699 g/mol. The molecule has 0 amide bonds. The monoisotopic (exact) mass is 698 g/mol. The summed E-state index contributed by atoms with van der Waals surface area (Å²) in [6, 6.07) is 6.78. The standard InChI is InChI=1S/C20H26F4O.C20H27F3O/c1-12-2-4-13(5-3-12)14-6-8-15(9-7-14)16-10-17(21)19(18(22)11-16)25-20(23)24;1-13-2-4-14(5-3-13)15-6-8-16(9-7-15)17-10-11-19(18(21)12-17)24-20(22)23/h10-15,20H,2-9H2,1H3;10-16,20H,2-9H2,1H3. The van der Waals surface area contributed by atoms with E-state index in [-0.39, 0.29) is 11.7 Å². The lowest BCUT2D eigenvalue weighted by Crippen LogP contribution is -2.24. The molecule has 0 heterocycles. The van der Waals surface area contributed by atoms with Gasteiger partial charge in [-0.2, -0.15) is 17.6 Å². The molecule has 274 valence electrons. The Morgan fingerprint density at radius 2 is 0.837 bits per heavy atom. The Kier molecular flexibility index (Phi) is 13.6. The van der Waals surface area contributed by atoms with E-state index < -0.39 is 36.4 Å². The summed E-state index contributed by atoms with van der Waals surface area (Å²) in [5.74, 6) is 1.27. The quantitative estimate of drug-likeness (QED) is 0.256. The maximum atomic E-state index is 13.9. The molecule has 0 radical (unpaired) electrons. The zero-order valence-electron chi connectivity index (χ0n) is 28.9. The Balaban J connectivity index is 0.000000191. The fourth-order valence-corrected chi connectivity index (χ4v) is 9.34. The van der Waals surface area contributed by atoms with Gasteiger partial charge in [-0.1, -0.05) is 45.6 Å². The molecule has 0 unspecified atom stereocenters. The summed E-state index contributed by atoms with van der Waals surface area (Å²) >= 11 is 0. The van der Waals surface area contributed by atoms with Crippen LogP contribution in [0, 0.1) is 53.0 Å². The minimum Gasteiger partial charge on any atom is -0.432 e. The lowest BCUT2D eigenvalue weighted by molar-refractivity contribution is -0.0548. The Morgan fingerprint density at radius 3 is 1.22 bits per heavy atom. The molecule has 4 saturated carbocycles. The summed E-state index contributed by atoms with van der Waals surface area (Å²) in [4.78, 5) is 0. The topological polar surface area (TPSA) is 18.5 Å². The normalized spacial score (nSPS) is 30.8. The van der Waals surface area contributed by atoms with Gasteiger partial charge in [0, 0.05) is 0 Å². The summed E-state index contributed by atoms with van der Waals surface area (Å²) in [6.07, 6.45) is 19.2. The Morgan fingerprint density at radius 1 is 0.469 bits per heavy atom. The third-order valence-electron chi connectivity index (χ3n) is 12.3. The van der Waals surface area contributed by atoms with Crippen LogP contribution in [0.25, 0.3) is 0 Å². The summed E-state index contributed by atoms with van der Waals surface area (Å²) in [5.41, 5.74) is 1.48. The maximum Gasteiger partial charge on any atom is 0.387 e. The molecule has 49 heavy (non-hydrogen) atoms. The van der Waals surface area contributed by atoms with Gasteiger partial charge >= 0.3 is 13.2 Å². The van der Waals surface area contributed by atoms with E-state index >= 15 is 0 Å². The molecule has 0 aromatic heterocycles. The van der Waals surface area contributed by atoms with Crippen LogP contribution in [0.4, 0.5) is 30.7 Å². The van der Waals surface area contributed by atoms with E-state index in [1.807, 2.05) is 0 Å². The van der Waals surface area contributed by atoms with Crippen LogP contribution in [0.1, 0.15) is 140 Å². The zero-order valence-corrected chi connectivity index (χ0v) is 28.9. The van der Waals surface area contributed by atoms with Crippen molar-refractivity contribution in [2.45, 2.75) is 142 Å². The van der Waals surface area contributed by atoms with Gasteiger partial charge < -0.3 is 9.47 Å². The molecule has 0 N–H and O–H groups in total. The first kappa shape index (κ1) is 37.8. The molecule has 4 fully saturated rings. The van der Waals surface area contributed by atoms with E-state index in [2.05, 4.69) is 23.3 Å². The largest absolute Gasteiger partial charge is 0.432 e. The van der Waals surface area contributed by atoms with Crippen LogP contribution < -0.4 is 9.47 Å². The van der Waals surface area contributed by atoms with Crippen LogP contribution in [0.3, 0.4) is 0 Å². The summed E-state index contributed by atoms with van der Waals surface area (Å²) in [6.45, 7) is -1.55. The highest BCUT2D eigenvalue weighted by Crippen LogP contribution is 2.46. The van der Waals surface area contributed by atoms with Gasteiger partial charge in [0.25, 0.3) is 0 Å². The third-order valence-corrected chi connectivity index (χ3v) is 12.3. The van der Waals surface area contributed by atoms with Crippen LogP contribution in [0.15, 0.2) is 30.3 Å². The van der Waals surface area contributed by atoms with Crippen molar-refractivity contribution in [3.8, 4) is 11.5 Å². The van der Waals surface area contributed by atoms with Gasteiger partial charge in [0.15, 0.2) is 29.0 Å². The highest BCUT2D eigenvalue weighted by atomic mass is 19.3. The van der Waals surface area contributed by atoms with Crippen LogP contribution in [0.2, 0.25) is 0 Å². The van der Waals surface area contributed by atoms with Crippen LogP contribution in [-0.4, -0.2) is 13.2 Å².